The van der Waals surface area contributed by atoms with Crippen molar-refractivity contribution in [1.29, 1.82) is 0 Å². The number of fused-ring (bicyclic) bond motifs is 2. The third-order valence-electron chi connectivity index (χ3n) is 3.30. The second-order valence-corrected chi connectivity index (χ2v) is 4.06. The second-order valence-electron chi connectivity index (χ2n) is 4.06. The van der Waals surface area contributed by atoms with Gasteiger partial charge in [-0.15, -0.1) is 0 Å². The molecule has 0 aromatic carbocycles. The maximum Gasteiger partial charge on any atom is 0.308 e. The highest BCUT2D eigenvalue weighted by Gasteiger charge is 2.46. The van der Waals surface area contributed by atoms with Gasteiger partial charge >= 0.3 is 5.97 Å². The van der Waals surface area contributed by atoms with Crippen molar-refractivity contribution in [3.05, 3.63) is 0 Å². The topological polar surface area (TPSA) is 57.6 Å². The van der Waals surface area contributed by atoms with Gasteiger partial charge in [-0.1, -0.05) is 0 Å². The Morgan fingerprint density at radius 2 is 2.23 bits per heavy atom. The predicted molar refractivity (Wildman–Crippen MR) is 45.0 cm³/mol. The van der Waals surface area contributed by atoms with Crippen molar-refractivity contribution in [2.24, 2.45) is 11.8 Å². The fourth-order valence-corrected chi connectivity index (χ4v) is 2.55. The molecule has 2 fully saturated rings. The van der Waals surface area contributed by atoms with E-state index in [1.54, 1.807) is 11.9 Å². The van der Waals surface area contributed by atoms with Gasteiger partial charge in [0.1, 0.15) is 0 Å². The Bertz CT molecular complexity index is 264. The molecule has 72 valence electrons. The lowest BCUT2D eigenvalue weighted by molar-refractivity contribution is -0.144. The van der Waals surface area contributed by atoms with Crippen molar-refractivity contribution in [1.82, 2.24) is 4.90 Å². The van der Waals surface area contributed by atoms with Gasteiger partial charge in [-0.2, -0.15) is 0 Å². The summed E-state index contributed by atoms with van der Waals surface area (Å²) in [7, 11) is 1.71. The van der Waals surface area contributed by atoms with Gasteiger partial charge in [0, 0.05) is 19.5 Å². The average Bonchev–Trinajstić information content (AvgIpc) is 2.41. The van der Waals surface area contributed by atoms with Crippen LogP contribution in [0.4, 0.5) is 0 Å². The summed E-state index contributed by atoms with van der Waals surface area (Å²) in [4.78, 5) is 23.8. The van der Waals surface area contributed by atoms with E-state index in [1.165, 1.54) is 0 Å². The van der Waals surface area contributed by atoms with Crippen LogP contribution in [-0.2, 0) is 9.59 Å². The number of rotatable bonds is 1. The number of piperidine rings is 1. The maximum absolute atomic E-state index is 11.4. The van der Waals surface area contributed by atoms with Crippen molar-refractivity contribution >= 4 is 11.9 Å². The molecule has 0 unspecified atom stereocenters. The molecule has 4 nitrogen and oxygen atoms in total. The van der Waals surface area contributed by atoms with Gasteiger partial charge in [-0.3, -0.25) is 9.59 Å². The van der Waals surface area contributed by atoms with Crippen molar-refractivity contribution in [2.45, 2.75) is 25.3 Å². The Kier molecular flexibility index (Phi) is 1.78. The van der Waals surface area contributed by atoms with E-state index in [-0.39, 0.29) is 17.9 Å². The molecule has 0 spiro atoms. The molecular weight excluding hydrogens is 170 g/mol. The Hall–Kier alpha value is -1.06. The fraction of sp³-hybridized carbons (Fsp3) is 0.778. The first-order valence-corrected chi connectivity index (χ1v) is 4.58. The number of nitrogens with zero attached hydrogens (tertiary/aromatic N) is 1. The van der Waals surface area contributed by atoms with E-state index < -0.39 is 5.97 Å². The quantitative estimate of drug-likeness (QED) is 0.637. The van der Waals surface area contributed by atoms with Crippen LogP contribution in [-0.4, -0.2) is 35.0 Å². The van der Waals surface area contributed by atoms with Gasteiger partial charge in [-0.05, 0) is 18.8 Å². The van der Waals surface area contributed by atoms with Crippen molar-refractivity contribution in [3.63, 3.8) is 0 Å². The van der Waals surface area contributed by atoms with Crippen LogP contribution in [0.2, 0.25) is 0 Å². The minimum Gasteiger partial charge on any atom is -0.481 e. The largest absolute Gasteiger partial charge is 0.481 e. The molecule has 0 aromatic heterocycles. The summed E-state index contributed by atoms with van der Waals surface area (Å²) in [5.41, 5.74) is 0. The number of aliphatic carboxylic acids is 1. The van der Waals surface area contributed by atoms with Gasteiger partial charge in [-0.25, -0.2) is 0 Å². The van der Waals surface area contributed by atoms with E-state index in [0.717, 1.165) is 6.42 Å². The molecule has 2 aliphatic rings. The van der Waals surface area contributed by atoms with E-state index in [1.807, 2.05) is 0 Å². The van der Waals surface area contributed by atoms with E-state index in [2.05, 4.69) is 0 Å². The Balaban J connectivity index is 2.21. The number of carboxylic acids is 1. The third kappa shape index (κ3) is 1.20. The molecule has 3 atom stereocenters. The summed E-state index contributed by atoms with van der Waals surface area (Å²) < 4.78 is 0. The number of carbonyl (C=O) groups excluding carboxylic acids is 1. The standard InChI is InChI=1S/C9H13NO3/c1-10-7-3-5(4-8(10)11)2-6(7)9(12)13/h5-7H,2-4H2,1H3,(H,12,13)/t5-,6+,7+/m0/s1. The highest BCUT2D eigenvalue weighted by molar-refractivity contribution is 5.80. The van der Waals surface area contributed by atoms with E-state index in [9.17, 15) is 9.59 Å². The molecule has 1 aliphatic heterocycles. The average molecular weight is 183 g/mol. The van der Waals surface area contributed by atoms with Crippen LogP contribution in [0.1, 0.15) is 19.3 Å². The molecule has 1 aliphatic carbocycles. The summed E-state index contributed by atoms with van der Waals surface area (Å²) in [6, 6.07) is -0.0521. The zero-order chi connectivity index (χ0) is 9.59. The van der Waals surface area contributed by atoms with Crippen LogP contribution < -0.4 is 0 Å². The number of likely N-dealkylation sites (tertiary alicyclic amines) is 1. The van der Waals surface area contributed by atoms with Gasteiger partial charge < -0.3 is 10.0 Å². The first kappa shape index (κ1) is 8.53. The van der Waals surface area contributed by atoms with Crippen LogP contribution >= 0.6 is 0 Å². The molecule has 2 bridgehead atoms. The van der Waals surface area contributed by atoms with Gasteiger partial charge in [0.05, 0.1) is 5.92 Å². The number of carboxylic acid groups (broad SMARTS) is 1. The van der Waals surface area contributed by atoms with Gasteiger partial charge in [0.2, 0.25) is 5.91 Å². The van der Waals surface area contributed by atoms with Crippen molar-refractivity contribution in [2.75, 3.05) is 7.05 Å². The normalized spacial score (nSPS) is 38.1. The van der Waals surface area contributed by atoms with Crippen LogP contribution in [0.3, 0.4) is 0 Å². The number of hydrogen-bond acceptors (Lipinski definition) is 2. The number of carbonyl (C=O) groups is 2. The highest BCUT2D eigenvalue weighted by Crippen LogP contribution is 2.40. The molecule has 4 heteroatoms. The monoisotopic (exact) mass is 183 g/mol. The molecule has 1 N–H and O–H groups in total. The van der Waals surface area contributed by atoms with Crippen LogP contribution in [0.5, 0.6) is 0 Å². The van der Waals surface area contributed by atoms with E-state index in [4.69, 9.17) is 5.11 Å². The minimum absolute atomic E-state index is 0.0521. The molecule has 0 radical (unpaired) electrons. The lowest BCUT2D eigenvalue weighted by atomic mass is 9.99. The molecule has 1 saturated heterocycles. The molecule has 2 rings (SSSR count). The summed E-state index contributed by atoms with van der Waals surface area (Å²) in [6.45, 7) is 0. The first-order chi connectivity index (χ1) is 6.09. The van der Waals surface area contributed by atoms with Crippen LogP contribution in [0.25, 0.3) is 0 Å². The predicted octanol–water partition coefficient (Wildman–Crippen LogP) is 0.328. The number of hydrogen-bond donors (Lipinski definition) is 1. The molecule has 1 amide bonds. The fourth-order valence-electron chi connectivity index (χ4n) is 2.55. The third-order valence-corrected chi connectivity index (χ3v) is 3.30. The molecule has 1 saturated carbocycles. The van der Waals surface area contributed by atoms with Crippen molar-refractivity contribution in [3.8, 4) is 0 Å². The maximum atomic E-state index is 11.4. The first-order valence-electron chi connectivity index (χ1n) is 4.58. The van der Waals surface area contributed by atoms with Crippen LogP contribution in [0.15, 0.2) is 0 Å². The summed E-state index contributed by atoms with van der Waals surface area (Å²) >= 11 is 0. The Labute approximate surface area is 76.5 Å². The zero-order valence-electron chi connectivity index (χ0n) is 7.56. The van der Waals surface area contributed by atoms with E-state index in [0.29, 0.717) is 18.8 Å². The summed E-state index contributed by atoms with van der Waals surface area (Å²) in [6.07, 6.45) is 2.09. The highest BCUT2D eigenvalue weighted by atomic mass is 16.4. The molecular formula is C9H13NO3. The smallest absolute Gasteiger partial charge is 0.308 e. The van der Waals surface area contributed by atoms with Gasteiger partial charge in [0.15, 0.2) is 0 Å². The SMILES string of the molecule is CN1C(=O)C[C@@H]2C[C@@H]1[C@H](C(=O)O)C2. The second kappa shape index (κ2) is 2.72. The molecule has 0 aromatic rings. The zero-order valence-corrected chi connectivity index (χ0v) is 7.56. The van der Waals surface area contributed by atoms with Crippen LogP contribution in [0, 0.1) is 11.8 Å². The summed E-state index contributed by atoms with van der Waals surface area (Å²) in [5.74, 6) is -0.671. The lowest BCUT2D eigenvalue weighted by Crippen LogP contribution is -2.43. The Morgan fingerprint density at radius 1 is 1.54 bits per heavy atom. The Morgan fingerprint density at radius 3 is 2.85 bits per heavy atom. The molecule has 13 heavy (non-hydrogen) atoms. The minimum atomic E-state index is -0.756. The summed E-state index contributed by atoms with van der Waals surface area (Å²) in [5, 5.41) is 8.93. The number of amides is 1. The van der Waals surface area contributed by atoms with E-state index >= 15 is 0 Å². The lowest BCUT2D eigenvalue weighted by Gasteiger charge is -2.30. The van der Waals surface area contributed by atoms with Crippen molar-refractivity contribution < 1.29 is 14.7 Å². The molecule has 1 heterocycles. The van der Waals surface area contributed by atoms with Gasteiger partial charge in [0.25, 0.3) is 0 Å².